The van der Waals surface area contributed by atoms with E-state index in [0.29, 0.717) is 27.1 Å². The van der Waals surface area contributed by atoms with Crippen LogP contribution < -0.4 is 5.32 Å². The molecule has 3 aromatic rings. The Morgan fingerprint density at radius 1 is 1.33 bits per heavy atom. The molecule has 0 aliphatic heterocycles. The highest BCUT2D eigenvalue weighted by atomic mass is 32.2. The minimum atomic E-state index is -0.484. The zero-order valence-corrected chi connectivity index (χ0v) is 18.0. The van der Waals surface area contributed by atoms with Gasteiger partial charge in [0.05, 0.1) is 16.4 Å². The van der Waals surface area contributed by atoms with Crippen molar-refractivity contribution in [3.05, 3.63) is 46.1 Å². The number of nitrogens with zero attached hydrogens (tertiary/aromatic N) is 3. The minimum absolute atomic E-state index is 0.217. The molecule has 0 bridgehead atoms. The molecule has 0 fully saturated rings. The summed E-state index contributed by atoms with van der Waals surface area (Å²) in [7, 11) is 0. The van der Waals surface area contributed by atoms with E-state index in [1.165, 1.54) is 40.5 Å². The number of fused-ring (bicyclic) bond motifs is 1. The number of aromatic nitrogens is 3. The van der Waals surface area contributed by atoms with E-state index < -0.39 is 11.1 Å². The molecule has 9 heteroatoms. The van der Waals surface area contributed by atoms with E-state index in [-0.39, 0.29) is 5.91 Å². The Hall–Kier alpha value is -2.70. The van der Waals surface area contributed by atoms with Crippen LogP contribution in [0.25, 0.3) is 11.4 Å². The molecule has 1 amide bonds. The van der Waals surface area contributed by atoms with E-state index >= 15 is 0 Å². The lowest BCUT2D eigenvalue weighted by Gasteiger charge is -2.09. The molecule has 2 N–H and O–H groups in total. The van der Waals surface area contributed by atoms with Gasteiger partial charge in [-0.15, -0.1) is 16.4 Å². The number of aryl methyl sites for hydroxylation is 1. The van der Waals surface area contributed by atoms with E-state index in [4.69, 9.17) is 0 Å². The number of nitrogens with one attached hydrogen (secondary N) is 2. The zero-order valence-electron chi connectivity index (χ0n) is 16.4. The summed E-state index contributed by atoms with van der Waals surface area (Å²) in [6.07, 6.45) is 5.23. The number of nitriles is 1. The molecule has 2 heterocycles. The standard InChI is InChI=1S/C21H20FN5OS2/c1-12(29-21-24-18(26-27-21)14-8-5-6-9-16(14)22)19(28)25-20-15(11-23)13-7-3-2-4-10-17(13)30-20/h5-6,8-9,12H,2-4,7,10H2,1H3,(H,25,28)(H,24,26,27)/t12-/m0/s1. The summed E-state index contributed by atoms with van der Waals surface area (Å²) in [5, 5.41) is 19.9. The second kappa shape index (κ2) is 8.98. The number of thiophene rings is 1. The Labute approximate surface area is 181 Å². The van der Waals surface area contributed by atoms with E-state index in [2.05, 4.69) is 26.6 Å². The molecule has 0 radical (unpaired) electrons. The Morgan fingerprint density at radius 3 is 2.93 bits per heavy atom. The normalized spacial score (nSPS) is 14.4. The number of aromatic amines is 1. The summed E-state index contributed by atoms with van der Waals surface area (Å²) in [4.78, 5) is 18.2. The molecule has 1 aromatic carbocycles. The largest absolute Gasteiger partial charge is 0.316 e. The van der Waals surface area contributed by atoms with E-state index in [0.717, 1.165) is 31.2 Å². The van der Waals surface area contributed by atoms with Gasteiger partial charge in [-0.25, -0.2) is 9.37 Å². The number of carbonyl (C=O) groups is 1. The van der Waals surface area contributed by atoms with Crippen molar-refractivity contribution in [1.82, 2.24) is 15.2 Å². The maximum atomic E-state index is 13.9. The first kappa shape index (κ1) is 20.6. The van der Waals surface area contributed by atoms with Gasteiger partial charge in [0.1, 0.15) is 16.9 Å². The Balaban J connectivity index is 1.45. The van der Waals surface area contributed by atoms with Gasteiger partial charge in [-0.05, 0) is 50.3 Å². The Bertz CT molecular complexity index is 1120. The molecule has 0 saturated heterocycles. The average Bonchev–Trinajstić information content (AvgIpc) is 3.25. The number of amides is 1. The third kappa shape index (κ3) is 4.25. The predicted octanol–water partition coefficient (Wildman–Crippen LogP) is 4.93. The van der Waals surface area contributed by atoms with Crippen molar-refractivity contribution in [3.63, 3.8) is 0 Å². The molecule has 2 aromatic heterocycles. The van der Waals surface area contributed by atoms with Gasteiger partial charge in [-0.1, -0.05) is 30.3 Å². The molecular formula is C21H20FN5OS2. The molecule has 0 saturated carbocycles. The third-order valence-corrected chi connectivity index (χ3v) is 7.18. The minimum Gasteiger partial charge on any atom is -0.316 e. The number of rotatable bonds is 5. The van der Waals surface area contributed by atoms with Crippen LogP contribution in [0.1, 0.15) is 42.2 Å². The highest BCUT2D eigenvalue weighted by molar-refractivity contribution is 8.00. The van der Waals surface area contributed by atoms with Crippen molar-refractivity contribution in [3.8, 4) is 17.5 Å². The van der Waals surface area contributed by atoms with E-state index in [1.54, 1.807) is 25.1 Å². The SMILES string of the molecule is C[C@H](Sc1n[nH]c(-c2ccccc2F)n1)C(=O)Nc1sc2c(c1C#N)CCCCC2. The number of carbonyl (C=O) groups excluding carboxylic acids is 1. The number of anilines is 1. The molecule has 0 unspecified atom stereocenters. The number of hydrogen-bond donors (Lipinski definition) is 2. The molecule has 1 atom stereocenters. The number of H-pyrrole nitrogens is 1. The highest BCUT2D eigenvalue weighted by Gasteiger charge is 2.24. The quantitative estimate of drug-likeness (QED) is 0.432. The molecule has 6 nitrogen and oxygen atoms in total. The summed E-state index contributed by atoms with van der Waals surface area (Å²) >= 11 is 2.69. The molecule has 30 heavy (non-hydrogen) atoms. The second-order valence-electron chi connectivity index (χ2n) is 7.08. The molecule has 1 aliphatic rings. The lowest BCUT2D eigenvalue weighted by atomic mass is 10.1. The van der Waals surface area contributed by atoms with E-state index in [1.807, 2.05) is 0 Å². The maximum absolute atomic E-state index is 13.9. The van der Waals surface area contributed by atoms with Gasteiger partial charge < -0.3 is 5.32 Å². The molecule has 1 aliphatic carbocycles. The van der Waals surface area contributed by atoms with Crippen LogP contribution in [-0.4, -0.2) is 26.3 Å². The molecular weight excluding hydrogens is 421 g/mol. The summed E-state index contributed by atoms with van der Waals surface area (Å²) in [5.41, 5.74) is 2.02. The Morgan fingerprint density at radius 2 is 2.13 bits per heavy atom. The van der Waals surface area contributed by atoms with Crippen molar-refractivity contribution in [2.24, 2.45) is 0 Å². The maximum Gasteiger partial charge on any atom is 0.238 e. The lowest BCUT2D eigenvalue weighted by Crippen LogP contribution is -2.22. The number of benzene rings is 1. The lowest BCUT2D eigenvalue weighted by molar-refractivity contribution is -0.115. The van der Waals surface area contributed by atoms with Gasteiger partial charge in [0.2, 0.25) is 11.1 Å². The number of thioether (sulfide) groups is 1. The van der Waals surface area contributed by atoms with Crippen LogP contribution in [0, 0.1) is 17.1 Å². The monoisotopic (exact) mass is 441 g/mol. The first-order valence-electron chi connectivity index (χ1n) is 9.76. The van der Waals surface area contributed by atoms with Crippen molar-refractivity contribution in [1.29, 1.82) is 5.26 Å². The third-order valence-electron chi connectivity index (χ3n) is 5.02. The fraction of sp³-hybridized carbons (Fsp3) is 0.333. The molecule has 0 spiro atoms. The van der Waals surface area contributed by atoms with Gasteiger partial charge in [0.15, 0.2) is 5.82 Å². The van der Waals surface area contributed by atoms with Crippen LogP contribution in [0.15, 0.2) is 29.4 Å². The predicted molar refractivity (Wildman–Crippen MR) is 116 cm³/mol. The van der Waals surface area contributed by atoms with Crippen molar-refractivity contribution in [2.45, 2.75) is 49.4 Å². The smallest absolute Gasteiger partial charge is 0.238 e. The van der Waals surface area contributed by atoms with Gasteiger partial charge in [0.25, 0.3) is 0 Å². The number of halogens is 1. The number of hydrogen-bond acceptors (Lipinski definition) is 6. The summed E-state index contributed by atoms with van der Waals surface area (Å²) in [6.45, 7) is 1.75. The van der Waals surface area contributed by atoms with Crippen LogP contribution in [0.3, 0.4) is 0 Å². The van der Waals surface area contributed by atoms with Crippen LogP contribution in [0.2, 0.25) is 0 Å². The average molecular weight is 442 g/mol. The molecule has 154 valence electrons. The fourth-order valence-electron chi connectivity index (χ4n) is 3.45. The fourth-order valence-corrected chi connectivity index (χ4v) is 5.41. The zero-order chi connectivity index (χ0) is 21.1. The first-order valence-corrected chi connectivity index (χ1v) is 11.5. The van der Waals surface area contributed by atoms with Gasteiger partial charge in [-0.3, -0.25) is 9.89 Å². The summed E-state index contributed by atoms with van der Waals surface area (Å²) in [6, 6.07) is 8.58. The van der Waals surface area contributed by atoms with Crippen molar-refractivity contribution < 1.29 is 9.18 Å². The summed E-state index contributed by atoms with van der Waals surface area (Å²) < 4.78 is 13.9. The van der Waals surface area contributed by atoms with Gasteiger partial charge >= 0.3 is 0 Å². The van der Waals surface area contributed by atoms with Crippen LogP contribution in [0.5, 0.6) is 0 Å². The van der Waals surface area contributed by atoms with Crippen LogP contribution in [-0.2, 0) is 17.6 Å². The van der Waals surface area contributed by atoms with Gasteiger partial charge in [0, 0.05) is 4.88 Å². The Kier molecular flexibility index (Phi) is 6.16. The summed E-state index contributed by atoms with van der Waals surface area (Å²) in [5.74, 6) is -0.292. The van der Waals surface area contributed by atoms with Crippen molar-refractivity contribution >= 4 is 34.0 Å². The highest BCUT2D eigenvalue weighted by Crippen LogP contribution is 2.37. The van der Waals surface area contributed by atoms with Crippen LogP contribution in [0.4, 0.5) is 9.39 Å². The van der Waals surface area contributed by atoms with E-state index in [9.17, 15) is 14.4 Å². The van der Waals surface area contributed by atoms with Crippen molar-refractivity contribution in [2.75, 3.05) is 5.32 Å². The molecule has 4 rings (SSSR count). The van der Waals surface area contributed by atoms with Gasteiger partial charge in [-0.2, -0.15) is 5.26 Å². The van der Waals surface area contributed by atoms with Crippen LogP contribution >= 0.6 is 23.1 Å². The second-order valence-corrected chi connectivity index (χ2v) is 9.49. The topological polar surface area (TPSA) is 94.5 Å². The first-order chi connectivity index (χ1) is 14.6.